The van der Waals surface area contributed by atoms with Crippen LogP contribution < -0.4 is 10.9 Å². The van der Waals surface area contributed by atoms with Crippen molar-refractivity contribution in [3.05, 3.63) is 41.1 Å². The zero-order valence-electron chi connectivity index (χ0n) is 11.9. The third kappa shape index (κ3) is 2.28. The van der Waals surface area contributed by atoms with Crippen LogP contribution in [0.5, 0.6) is 5.75 Å². The first-order chi connectivity index (χ1) is 10.2. The fourth-order valence-corrected chi connectivity index (χ4v) is 4.46. The highest BCUT2D eigenvalue weighted by Crippen LogP contribution is 2.52. The molecule has 1 aromatic rings. The fraction of sp³-hybridized carbons (Fsp3) is 0.471. The maximum absolute atomic E-state index is 12.1. The van der Waals surface area contributed by atoms with E-state index in [1.807, 2.05) is 0 Å². The minimum absolute atomic E-state index is 0.110. The molecule has 4 bridgehead atoms. The summed E-state index contributed by atoms with van der Waals surface area (Å²) in [5.41, 5.74) is 9.23. The second-order valence-electron chi connectivity index (χ2n) is 6.69. The summed E-state index contributed by atoms with van der Waals surface area (Å²) in [5.74, 6) is 2.28. The van der Waals surface area contributed by atoms with Gasteiger partial charge < -0.3 is 10.5 Å². The third-order valence-corrected chi connectivity index (χ3v) is 5.18. The monoisotopic (exact) mass is 284 g/mol. The van der Waals surface area contributed by atoms with Gasteiger partial charge in [-0.2, -0.15) is 0 Å². The summed E-state index contributed by atoms with van der Waals surface area (Å²) < 4.78 is 0. The minimum Gasteiger partial charge on any atom is -0.508 e. The van der Waals surface area contributed by atoms with E-state index >= 15 is 0 Å². The highest BCUT2D eigenvalue weighted by atomic mass is 16.3. The minimum atomic E-state index is -0.201. The summed E-state index contributed by atoms with van der Waals surface area (Å²) in [5, 5.41) is 9.43. The quantitative estimate of drug-likeness (QED) is 0.748. The van der Waals surface area contributed by atoms with Crippen LogP contribution in [0.4, 0.5) is 0 Å². The van der Waals surface area contributed by atoms with E-state index < -0.39 is 0 Å². The lowest BCUT2D eigenvalue weighted by Gasteiger charge is -2.47. The van der Waals surface area contributed by atoms with Gasteiger partial charge in [-0.05, 0) is 67.7 Å². The van der Waals surface area contributed by atoms with Gasteiger partial charge in [0.2, 0.25) is 0 Å². The lowest BCUT2D eigenvalue weighted by Crippen LogP contribution is -2.45. The Morgan fingerprint density at radius 3 is 2.57 bits per heavy atom. The van der Waals surface area contributed by atoms with Crippen LogP contribution in [0.3, 0.4) is 0 Å². The molecule has 5 rings (SSSR count). The molecule has 1 amide bonds. The first-order valence-electron chi connectivity index (χ1n) is 7.76. The second-order valence-corrected chi connectivity index (χ2v) is 6.69. The Bertz CT molecular complexity index is 607. The lowest BCUT2D eigenvalue weighted by atomic mass is 9.60. The van der Waals surface area contributed by atoms with Gasteiger partial charge in [0.25, 0.3) is 5.91 Å². The Balaban J connectivity index is 1.46. The molecular weight excluding hydrogens is 264 g/mol. The number of phenolic OH excluding ortho intramolecular Hbond substituents is 1. The van der Waals surface area contributed by atoms with Crippen LogP contribution in [-0.2, 0) is 0 Å². The number of phenols is 1. The maximum atomic E-state index is 12.1. The number of allylic oxidation sites excluding steroid dienone is 2. The van der Waals surface area contributed by atoms with Gasteiger partial charge in [0.1, 0.15) is 5.75 Å². The summed E-state index contributed by atoms with van der Waals surface area (Å²) in [6.45, 7) is 0. The number of carbonyl (C=O) groups is 1. The van der Waals surface area contributed by atoms with E-state index in [1.165, 1.54) is 49.4 Å². The number of amides is 1. The summed E-state index contributed by atoms with van der Waals surface area (Å²) in [6.07, 6.45) is 6.35. The molecule has 2 saturated carbocycles. The smallest absolute Gasteiger partial charge is 0.269 e. The van der Waals surface area contributed by atoms with E-state index in [9.17, 15) is 9.90 Å². The van der Waals surface area contributed by atoms with Crippen molar-refractivity contribution < 1.29 is 9.90 Å². The van der Waals surface area contributed by atoms with Crippen molar-refractivity contribution in [2.75, 3.05) is 0 Å². The number of carbonyl (C=O) groups excluding carboxylic acids is 1. The zero-order valence-corrected chi connectivity index (χ0v) is 11.9. The Labute approximate surface area is 124 Å². The Kier molecular flexibility index (Phi) is 2.91. The van der Waals surface area contributed by atoms with E-state index in [2.05, 4.69) is 10.9 Å². The number of hydrazine groups is 1. The maximum Gasteiger partial charge on any atom is 0.269 e. The van der Waals surface area contributed by atoms with Crippen molar-refractivity contribution in [2.45, 2.75) is 32.1 Å². The van der Waals surface area contributed by atoms with Gasteiger partial charge in [0.15, 0.2) is 0 Å². The van der Waals surface area contributed by atoms with Crippen molar-refractivity contribution >= 4 is 5.91 Å². The summed E-state index contributed by atoms with van der Waals surface area (Å²) in [4.78, 5) is 12.1. The molecule has 0 aromatic heterocycles. The van der Waals surface area contributed by atoms with Crippen LogP contribution in [0, 0.1) is 17.8 Å². The largest absolute Gasteiger partial charge is 0.508 e. The van der Waals surface area contributed by atoms with E-state index in [0.717, 1.165) is 11.8 Å². The number of nitrogens with one attached hydrogen (secondary N) is 2. The molecule has 110 valence electrons. The first-order valence-corrected chi connectivity index (χ1v) is 7.76. The fourth-order valence-electron chi connectivity index (χ4n) is 4.46. The van der Waals surface area contributed by atoms with Crippen molar-refractivity contribution in [3.63, 3.8) is 0 Å². The molecule has 0 spiro atoms. The van der Waals surface area contributed by atoms with E-state index in [0.29, 0.717) is 11.5 Å². The van der Waals surface area contributed by atoms with Gasteiger partial charge in [-0.15, -0.1) is 0 Å². The van der Waals surface area contributed by atoms with Crippen LogP contribution >= 0.6 is 0 Å². The number of aromatic hydroxyl groups is 1. The van der Waals surface area contributed by atoms with Gasteiger partial charge >= 0.3 is 0 Å². The van der Waals surface area contributed by atoms with Gasteiger partial charge in [0, 0.05) is 17.2 Å². The van der Waals surface area contributed by atoms with Crippen LogP contribution in [0.25, 0.3) is 0 Å². The molecule has 4 aliphatic carbocycles. The molecule has 2 fully saturated rings. The number of hydrogen-bond acceptors (Lipinski definition) is 3. The predicted molar refractivity (Wildman–Crippen MR) is 79.3 cm³/mol. The van der Waals surface area contributed by atoms with Crippen molar-refractivity contribution in [3.8, 4) is 5.75 Å². The van der Waals surface area contributed by atoms with E-state index in [4.69, 9.17) is 0 Å². The SMILES string of the molecule is O=C(NNC1=C2CC3CC(C2)CC1C3)c1cccc(O)c1. The van der Waals surface area contributed by atoms with Crippen molar-refractivity contribution in [2.24, 2.45) is 17.8 Å². The molecule has 0 heterocycles. The second kappa shape index (κ2) is 4.79. The molecule has 2 atom stereocenters. The van der Waals surface area contributed by atoms with E-state index in [-0.39, 0.29) is 11.7 Å². The summed E-state index contributed by atoms with van der Waals surface area (Å²) >= 11 is 0. The summed E-state index contributed by atoms with van der Waals surface area (Å²) in [6, 6.07) is 6.42. The molecular formula is C17H20N2O2. The zero-order chi connectivity index (χ0) is 14.4. The normalized spacial score (nSPS) is 29.6. The molecule has 21 heavy (non-hydrogen) atoms. The number of benzene rings is 1. The van der Waals surface area contributed by atoms with Gasteiger partial charge in [-0.3, -0.25) is 10.2 Å². The predicted octanol–water partition coefficient (Wildman–Crippen LogP) is 2.72. The Morgan fingerprint density at radius 1 is 1.14 bits per heavy atom. The molecule has 4 heteroatoms. The average Bonchev–Trinajstić information content (AvgIpc) is 2.45. The Morgan fingerprint density at radius 2 is 1.90 bits per heavy atom. The lowest BCUT2D eigenvalue weighted by molar-refractivity contribution is 0.0924. The molecule has 0 aliphatic heterocycles. The third-order valence-electron chi connectivity index (χ3n) is 5.18. The molecule has 4 aliphatic rings. The van der Waals surface area contributed by atoms with Crippen molar-refractivity contribution in [1.29, 1.82) is 0 Å². The molecule has 4 nitrogen and oxygen atoms in total. The Hall–Kier alpha value is -1.97. The molecule has 0 saturated heterocycles. The standard InChI is InChI=1S/C17H20N2O2/c20-15-3-1-2-12(9-15)17(21)19-18-16-13-5-10-4-11(7-13)8-14(16)6-10/h1-3,9-11,13,18,20H,4-8H2,(H,19,21). The first kappa shape index (κ1) is 12.7. The van der Waals surface area contributed by atoms with Gasteiger partial charge in [0.05, 0.1) is 0 Å². The van der Waals surface area contributed by atoms with Crippen LogP contribution in [0.1, 0.15) is 42.5 Å². The van der Waals surface area contributed by atoms with Crippen LogP contribution in [0.2, 0.25) is 0 Å². The van der Waals surface area contributed by atoms with Gasteiger partial charge in [-0.1, -0.05) is 6.07 Å². The number of hydrogen-bond donors (Lipinski definition) is 3. The highest BCUT2D eigenvalue weighted by Gasteiger charge is 2.41. The molecule has 3 N–H and O–H groups in total. The van der Waals surface area contributed by atoms with Crippen LogP contribution in [-0.4, -0.2) is 11.0 Å². The average molecular weight is 284 g/mol. The molecule has 0 radical (unpaired) electrons. The summed E-state index contributed by atoms with van der Waals surface area (Å²) in [7, 11) is 0. The molecule has 1 aromatic carbocycles. The number of rotatable bonds is 3. The molecule has 2 unspecified atom stereocenters. The highest BCUT2D eigenvalue weighted by molar-refractivity contribution is 5.94. The van der Waals surface area contributed by atoms with E-state index in [1.54, 1.807) is 18.2 Å². The topological polar surface area (TPSA) is 61.4 Å². The van der Waals surface area contributed by atoms with Crippen LogP contribution in [0.15, 0.2) is 35.5 Å². The van der Waals surface area contributed by atoms with Crippen molar-refractivity contribution in [1.82, 2.24) is 10.9 Å². The van der Waals surface area contributed by atoms with Gasteiger partial charge in [-0.25, -0.2) is 0 Å².